The van der Waals surface area contributed by atoms with Gasteiger partial charge < -0.3 is 4.74 Å². The van der Waals surface area contributed by atoms with Crippen molar-refractivity contribution in [2.75, 3.05) is 11.9 Å². The number of aromatic nitrogens is 2. The van der Waals surface area contributed by atoms with Gasteiger partial charge in [0.2, 0.25) is 11.9 Å². The molecule has 1 aromatic carbocycles. The van der Waals surface area contributed by atoms with Crippen molar-refractivity contribution in [3.63, 3.8) is 0 Å². The second-order valence-electron chi connectivity index (χ2n) is 6.28. The predicted molar refractivity (Wildman–Crippen MR) is 102 cm³/mol. The van der Waals surface area contributed by atoms with E-state index in [0.29, 0.717) is 12.6 Å². The predicted octanol–water partition coefficient (Wildman–Crippen LogP) is 4.09. The van der Waals surface area contributed by atoms with Crippen LogP contribution in [0.3, 0.4) is 0 Å². The molecule has 26 heavy (non-hydrogen) atoms. The molecule has 132 valence electrons. The standard InChI is InChI=1S/C20H19N3O2S/c1-13(18-16-8-10-26-17(16)7-9-25-18)19(24)23-20-21-11-15(12-22-20)14-5-3-2-4-6-14/h2-6,8,10-13,18H,7,9H2,1H3,(H,21,22,23,24). The summed E-state index contributed by atoms with van der Waals surface area (Å²) in [7, 11) is 0. The van der Waals surface area contributed by atoms with Crippen LogP contribution in [0.4, 0.5) is 5.95 Å². The van der Waals surface area contributed by atoms with Crippen molar-refractivity contribution in [3.8, 4) is 11.1 Å². The molecule has 0 radical (unpaired) electrons. The Morgan fingerprint density at radius 1 is 1.19 bits per heavy atom. The van der Waals surface area contributed by atoms with Gasteiger partial charge in [-0.3, -0.25) is 10.1 Å². The summed E-state index contributed by atoms with van der Waals surface area (Å²) in [6.45, 7) is 2.53. The number of thiophene rings is 1. The molecule has 0 fully saturated rings. The molecule has 1 amide bonds. The fourth-order valence-electron chi connectivity index (χ4n) is 3.12. The van der Waals surface area contributed by atoms with Crippen LogP contribution in [0.5, 0.6) is 0 Å². The molecule has 2 aromatic heterocycles. The van der Waals surface area contributed by atoms with Crippen LogP contribution in [0.1, 0.15) is 23.5 Å². The number of nitrogens with one attached hydrogen (secondary N) is 1. The third-order valence-corrected chi connectivity index (χ3v) is 5.57. The summed E-state index contributed by atoms with van der Waals surface area (Å²) in [5.74, 6) is -0.148. The minimum atomic E-state index is -0.318. The molecule has 0 spiro atoms. The molecule has 1 aliphatic rings. The fourth-order valence-corrected chi connectivity index (χ4v) is 4.02. The van der Waals surface area contributed by atoms with Crippen molar-refractivity contribution in [1.29, 1.82) is 0 Å². The normalized spacial score (nSPS) is 17.3. The van der Waals surface area contributed by atoms with Gasteiger partial charge in [-0.15, -0.1) is 11.3 Å². The fraction of sp³-hybridized carbons (Fsp3) is 0.250. The van der Waals surface area contributed by atoms with E-state index in [1.807, 2.05) is 37.3 Å². The van der Waals surface area contributed by atoms with E-state index < -0.39 is 0 Å². The monoisotopic (exact) mass is 365 g/mol. The highest BCUT2D eigenvalue weighted by atomic mass is 32.1. The maximum absolute atomic E-state index is 12.6. The zero-order chi connectivity index (χ0) is 17.9. The summed E-state index contributed by atoms with van der Waals surface area (Å²) in [5, 5.41) is 4.86. The summed E-state index contributed by atoms with van der Waals surface area (Å²) in [6, 6.07) is 12.0. The van der Waals surface area contributed by atoms with Crippen LogP contribution >= 0.6 is 11.3 Å². The van der Waals surface area contributed by atoms with Gasteiger partial charge in [0.25, 0.3) is 0 Å². The van der Waals surface area contributed by atoms with Gasteiger partial charge in [-0.05, 0) is 22.6 Å². The van der Waals surface area contributed by atoms with Crippen molar-refractivity contribution >= 4 is 23.2 Å². The second-order valence-corrected chi connectivity index (χ2v) is 7.28. The van der Waals surface area contributed by atoms with Crippen molar-refractivity contribution in [2.45, 2.75) is 19.4 Å². The smallest absolute Gasteiger partial charge is 0.232 e. The molecule has 2 unspecified atom stereocenters. The number of amides is 1. The number of hydrogen-bond donors (Lipinski definition) is 1. The number of rotatable bonds is 4. The van der Waals surface area contributed by atoms with Crippen molar-refractivity contribution in [2.24, 2.45) is 5.92 Å². The second kappa shape index (κ2) is 7.35. The highest BCUT2D eigenvalue weighted by Crippen LogP contribution is 2.36. The Kier molecular flexibility index (Phi) is 4.77. The Morgan fingerprint density at radius 3 is 2.73 bits per heavy atom. The highest BCUT2D eigenvalue weighted by molar-refractivity contribution is 7.10. The quantitative estimate of drug-likeness (QED) is 0.756. The first-order valence-corrected chi connectivity index (χ1v) is 9.46. The van der Waals surface area contributed by atoms with Gasteiger partial charge in [0.15, 0.2) is 0 Å². The Bertz CT molecular complexity index is 893. The minimum absolute atomic E-state index is 0.137. The molecule has 5 nitrogen and oxygen atoms in total. The van der Waals surface area contributed by atoms with E-state index in [9.17, 15) is 4.79 Å². The number of benzene rings is 1. The summed E-state index contributed by atoms with van der Waals surface area (Å²) in [4.78, 5) is 22.5. The van der Waals surface area contributed by atoms with E-state index in [-0.39, 0.29) is 17.9 Å². The first-order valence-electron chi connectivity index (χ1n) is 8.58. The topological polar surface area (TPSA) is 64.1 Å². The van der Waals surface area contributed by atoms with Gasteiger partial charge in [-0.2, -0.15) is 0 Å². The SMILES string of the molecule is CC(C(=O)Nc1ncc(-c2ccccc2)cn1)C1OCCc2sccc21. The molecule has 6 heteroatoms. The number of carbonyl (C=O) groups excluding carboxylic acids is 1. The first kappa shape index (κ1) is 16.9. The lowest BCUT2D eigenvalue weighted by Crippen LogP contribution is -2.30. The Balaban J connectivity index is 1.45. The van der Waals surface area contributed by atoms with Gasteiger partial charge in [0.05, 0.1) is 18.6 Å². The van der Waals surface area contributed by atoms with Gasteiger partial charge in [0, 0.05) is 29.3 Å². The largest absolute Gasteiger partial charge is 0.372 e. The minimum Gasteiger partial charge on any atom is -0.372 e. The number of nitrogens with zero attached hydrogens (tertiary/aromatic N) is 2. The average molecular weight is 365 g/mol. The van der Waals surface area contributed by atoms with Crippen LogP contribution in [0.2, 0.25) is 0 Å². The molecular formula is C20H19N3O2S. The van der Waals surface area contributed by atoms with Crippen molar-refractivity contribution in [3.05, 3.63) is 64.6 Å². The average Bonchev–Trinajstić information content (AvgIpc) is 3.17. The third-order valence-electron chi connectivity index (χ3n) is 4.57. The van der Waals surface area contributed by atoms with Crippen molar-refractivity contribution < 1.29 is 9.53 Å². The Morgan fingerprint density at radius 2 is 1.96 bits per heavy atom. The molecule has 1 N–H and O–H groups in total. The summed E-state index contributed by atoms with van der Waals surface area (Å²) >= 11 is 1.73. The third kappa shape index (κ3) is 3.38. The number of ether oxygens (including phenoxy) is 1. The summed E-state index contributed by atoms with van der Waals surface area (Å²) < 4.78 is 5.87. The van der Waals surface area contributed by atoms with Crippen molar-refractivity contribution in [1.82, 2.24) is 9.97 Å². The lowest BCUT2D eigenvalue weighted by molar-refractivity contribution is -0.125. The summed E-state index contributed by atoms with van der Waals surface area (Å²) in [6.07, 6.45) is 4.14. The molecule has 0 bridgehead atoms. The van der Waals surface area contributed by atoms with Crippen LogP contribution in [0, 0.1) is 5.92 Å². The molecule has 0 saturated carbocycles. The number of fused-ring (bicyclic) bond motifs is 1. The molecule has 0 aliphatic carbocycles. The zero-order valence-electron chi connectivity index (χ0n) is 14.4. The molecule has 1 aliphatic heterocycles. The lowest BCUT2D eigenvalue weighted by atomic mass is 9.94. The maximum Gasteiger partial charge on any atom is 0.232 e. The first-order chi connectivity index (χ1) is 12.7. The van der Waals surface area contributed by atoms with E-state index in [1.54, 1.807) is 23.7 Å². The Hall–Kier alpha value is -2.57. The lowest BCUT2D eigenvalue weighted by Gasteiger charge is -2.27. The highest BCUT2D eigenvalue weighted by Gasteiger charge is 2.31. The van der Waals surface area contributed by atoms with E-state index in [2.05, 4.69) is 26.7 Å². The molecule has 4 rings (SSSR count). The van der Waals surface area contributed by atoms with Crippen LogP contribution in [0.25, 0.3) is 11.1 Å². The van der Waals surface area contributed by atoms with Crippen LogP contribution < -0.4 is 5.32 Å². The van der Waals surface area contributed by atoms with E-state index >= 15 is 0 Å². The van der Waals surface area contributed by atoms with Gasteiger partial charge >= 0.3 is 0 Å². The van der Waals surface area contributed by atoms with Gasteiger partial charge in [-0.1, -0.05) is 37.3 Å². The van der Waals surface area contributed by atoms with Gasteiger partial charge in [0.1, 0.15) is 0 Å². The summed E-state index contributed by atoms with van der Waals surface area (Å²) in [5.41, 5.74) is 3.08. The van der Waals surface area contributed by atoms with Crippen LogP contribution in [0.15, 0.2) is 54.2 Å². The van der Waals surface area contributed by atoms with E-state index in [0.717, 1.165) is 23.1 Å². The number of anilines is 1. The zero-order valence-corrected chi connectivity index (χ0v) is 15.2. The number of carbonyl (C=O) groups is 1. The molecule has 3 aromatic rings. The van der Waals surface area contributed by atoms with Gasteiger partial charge in [-0.25, -0.2) is 9.97 Å². The molecule has 0 saturated heterocycles. The van der Waals surface area contributed by atoms with E-state index in [4.69, 9.17) is 4.74 Å². The number of hydrogen-bond acceptors (Lipinski definition) is 5. The maximum atomic E-state index is 12.6. The Labute approximate surface area is 156 Å². The van der Waals surface area contributed by atoms with Crippen LogP contribution in [-0.4, -0.2) is 22.5 Å². The molecular weight excluding hydrogens is 346 g/mol. The van der Waals surface area contributed by atoms with Crippen LogP contribution in [-0.2, 0) is 16.0 Å². The van der Waals surface area contributed by atoms with E-state index in [1.165, 1.54) is 4.88 Å². The molecule has 3 heterocycles. The molecule has 2 atom stereocenters.